The van der Waals surface area contributed by atoms with Crippen molar-refractivity contribution < 1.29 is 18.4 Å². The van der Waals surface area contributed by atoms with Crippen molar-refractivity contribution in [3.05, 3.63) is 35.4 Å². The highest BCUT2D eigenvalue weighted by Crippen LogP contribution is 2.31. The molecule has 0 bridgehead atoms. The maximum Gasteiger partial charge on any atom is 0.282 e. The average Bonchev–Trinajstić information content (AvgIpc) is 3.42. The normalized spacial score (nSPS) is 18.6. The first-order valence-electron chi connectivity index (χ1n) is 10.3. The highest BCUT2D eigenvalue weighted by Gasteiger charge is 2.26. The van der Waals surface area contributed by atoms with Crippen LogP contribution in [0, 0.1) is 5.82 Å². The highest BCUT2D eigenvalue weighted by atomic mass is 32.1. The van der Waals surface area contributed by atoms with Crippen molar-refractivity contribution in [2.75, 3.05) is 37.6 Å². The number of hydrogen-bond acceptors (Lipinski definition) is 5. The van der Waals surface area contributed by atoms with Gasteiger partial charge in [0.1, 0.15) is 5.82 Å². The SMILES string of the molecule is O=C1CCN(C(=O)C(F)=C2CCCC2)CCN(c2nc3cccc(F)c3s2)CCN1. The number of carbonyl (C=O) groups is 2. The van der Waals surface area contributed by atoms with Crippen LogP contribution in [0.4, 0.5) is 13.9 Å². The monoisotopic (exact) mass is 434 g/mol. The molecule has 1 saturated carbocycles. The summed E-state index contributed by atoms with van der Waals surface area (Å²) in [6, 6.07) is 4.76. The topological polar surface area (TPSA) is 65.5 Å². The van der Waals surface area contributed by atoms with Crippen LogP contribution in [0.5, 0.6) is 0 Å². The molecular weight excluding hydrogens is 410 g/mol. The summed E-state index contributed by atoms with van der Waals surface area (Å²) in [7, 11) is 0. The number of allylic oxidation sites excluding steroid dienone is 1. The van der Waals surface area contributed by atoms with Crippen LogP contribution in [-0.2, 0) is 9.59 Å². The van der Waals surface area contributed by atoms with Gasteiger partial charge in [0.15, 0.2) is 11.0 Å². The zero-order valence-corrected chi connectivity index (χ0v) is 17.4. The maximum atomic E-state index is 14.7. The molecule has 1 N–H and O–H groups in total. The van der Waals surface area contributed by atoms with Gasteiger partial charge < -0.3 is 15.1 Å². The number of fused-ring (bicyclic) bond motifs is 1. The number of thiazole rings is 1. The van der Waals surface area contributed by atoms with Gasteiger partial charge in [-0.25, -0.2) is 13.8 Å². The van der Waals surface area contributed by atoms with Crippen molar-refractivity contribution in [3.63, 3.8) is 0 Å². The van der Waals surface area contributed by atoms with E-state index in [9.17, 15) is 18.4 Å². The molecule has 9 heteroatoms. The summed E-state index contributed by atoms with van der Waals surface area (Å²) < 4.78 is 29.3. The van der Waals surface area contributed by atoms with Gasteiger partial charge >= 0.3 is 0 Å². The van der Waals surface area contributed by atoms with Gasteiger partial charge in [-0.2, -0.15) is 0 Å². The van der Waals surface area contributed by atoms with Gasteiger partial charge in [0.05, 0.1) is 10.2 Å². The largest absolute Gasteiger partial charge is 0.354 e. The van der Waals surface area contributed by atoms with Crippen LogP contribution < -0.4 is 10.2 Å². The minimum absolute atomic E-state index is 0.140. The number of halogens is 2. The number of hydrogen-bond donors (Lipinski definition) is 1. The Bertz CT molecular complexity index is 983. The van der Waals surface area contributed by atoms with Crippen LogP contribution in [0.3, 0.4) is 0 Å². The van der Waals surface area contributed by atoms with Crippen molar-refractivity contribution in [3.8, 4) is 0 Å². The summed E-state index contributed by atoms with van der Waals surface area (Å²) in [5.74, 6) is -1.82. The lowest BCUT2D eigenvalue weighted by atomic mass is 10.2. The molecule has 2 heterocycles. The molecule has 30 heavy (non-hydrogen) atoms. The van der Waals surface area contributed by atoms with E-state index in [1.54, 1.807) is 12.1 Å². The number of anilines is 1. The molecule has 0 spiro atoms. The van der Waals surface area contributed by atoms with E-state index in [1.165, 1.54) is 22.3 Å². The van der Waals surface area contributed by atoms with Crippen LogP contribution in [0.1, 0.15) is 32.1 Å². The minimum Gasteiger partial charge on any atom is -0.354 e. The van der Waals surface area contributed by atoms with Gasteiger partial charge in [0, 0.05) is 39.1 Å². The average molecular weight is 435 g/mol. The molecule has 1 aliphatic carbocycles. The molecule has 2 aromatic rings. The van der Waals surface area contributed by atoms with Crippen LogP contribution in [0.25, 0.3) is 10.2 Å². The second kappa shape index (κ2) is 9.07. The van der Waals surface area contributed by atoms with E-state index < -0.39 is 11.7 Å². The Morgan fingerprint density at radius 2 is 1.90 bits per heavy atom. The zero-order valence-electron chi connectivity index (χ0n) is 16.6. The van der Waals surface area contributed by atoms with Crippen LogP contribution >= 0.6 is 11.3 Å². The van der Waals surface area contributed by atoms with Crippen molar-refractivity contribution in [1.82, 2.24) is 15.2 Å². The molecule has 2 fully saturated rings. The smallest absolute Gasteiger partial charge is 0.282 e. The molecule has 0 unspecified atom stereocenters. The number of amides is 2. The predicted octanol–water partition coefficient (Wildman–Crippen LogP) is 3.39. The van der Waals surface area contributed by atoms with Crippen LogP contribution in [0.2, 0.25) is 0 Å². The Morgan fingerprint density at radius 3 is 2.67 bits per heavy atom. The van der Waals surface area contributed by atoms with Crippen molar-refractivity contribution in [1.29, 1.82) is 0 Å². The Morgan fingerprint density at radius 1 is 1.10 bits per heavy atom. The molecule has 4 rings (SSSR count). The van der Waals surface area contributed by atoms with E-state index in [4.69, 9.17) is 0 Å². The summed E-state index contributed by atoms with van der Waals surface area (Å²) >= 11 is 1.24. The lowest BCUT2D eigenvalue weighted by Gasteiger charge is -2.29. The van der Waals surface area contributed by atoms with Gasteiger partial charge in [-0.1, -0.05) is 17.4 Å². The van der Waals surface area contributed by atoms with E-state index >= 15 is 0 Å². The minimum atomic E-state index is -0.668. The lowest BCUT2D eigenvalue weighted by molar-refractivity contribution is -0.129. The Kier molecular flexibility index (Phi) is 6.26. The second-order valence-corrected chi connectivity index (χ2v) is 8.57. The molecule has 1 aromatic heterocycles. The highest BCUT2D eigenvalue weighted by molar-refractivity contribution is 7.22. The molecule has 1 aromatic carbocycles. The van der Waals surface area contributed by atoms with Crippen molar-refractivity contribution >= 4 is 38.5 Å². The Balaban J connectivity index is 1.56. The summed E-state index contributed by atoms with van der Waals surface area (Å²) in [5, 5.41) is 3.44. The predicted molar refractivity (Wildman–Crippen MR) is 113 cm³/mol. The Hall–Kier alpha value is -2.55. The van der Waals surface area contributed by atoms with Crippen LogP contribution in [0.15, 0.2) is 29.6 Å². The maximum absolute atomic E-state index is 14.7. The number of nitrogens with zero attached hydrogens (tertiary/aromatic N) is 3. The van der Waals surface area contributed by atoms with Gasteiger partial charge in [0.25, 0.3) is 5.91 Å². The van der Waals surface area contributed by atoms with E-state index in [1.807, 2.05) is 4.90 Å². The van der Waals surface area contributed by atoms with Gasteiger partial charge in [-0.3, -0.25) is 9.59 Å². The number of rotatable bonds is 2. The van der Waals surface area contributed by atoms with Crippen LogP contribution in [-0.4, -0.2) is 54.4 Å². The second-order valence-electron chi connectivity index (χ2n) is 7.59. The molecule has 0 atom stereocenters. The van der Waals surface area contributed by atoms with E-state index in [0.717, 1.165) is 12.8 Å². The third-order valence-corrected chi connectivity index (χ3v) is 6.71. The molecule has 1 aliphatic heterocycles. The Labute approximate surface area is 177 Å². The fraction of sp³-hybridized carbons (Fsp3) is 0.476. The third-order valence-electron chi connectivity index (χ3n) is 5.57. The number of carbonyl (C=O) groups excluding carboxylic acids is 2. The lowest BCUT2D eigenvalue weighted by Crippen LogP contribution is -2.45. The number of aromatic nitrogens is 1. The summed E-state index contributed by atoms with van der Waals surface area (Å²) in [6.07, 6.45) is 3.19. The first kappa shape index (κ1) is 20.7. The zero-order chi connectivity index (χ0) is 21.1. The molecular formula is C21H24F2N4O2S. The number of nitrogens with one attached hydrogen (secondary N) is 1. The molecule has 1 saturated heterocycles. The fourth-order valence-corrected chi connectivity index (χ4v) is 4.89. The first-order valence-corrected chi connectivity index (χ1v) is 11.1. The van der Waals surface area contributed by atoms with Crippen molar-refractivity contribution in [2.45, 2.75) is 32.1 Å². The molecule has 2 amide bonds. The summed E-state index contributed by atoms with van der Waals surface area (Å²) in [4.78, 5) is 32.7. The van der Waals surface area contributed by atoms with E-state index in [-0.39, 0.29) is 31.2 Å². The van der Waals surface area contributed by atoms with Gasteiger partial charge in [0.2, 0.25) is 5.91 Å². The van der Waals surface area contributed by atoms with E-state index in [2.05, 4.69) is 10.3 Å². The molecule has 0 radical (unpaired) electrons. The quantitative estimate of drug-likeness (QED) is 0.736. The van der Waals surface area contributed by atoms with Crippen molar-refractivity contribution in [2.24, 2.45) is 0 Å². The number of benzene rings is 1. The summed E-state index contributed by atoms with van der Waals surface area (Å²) in [6.45, 7) is 1.74. The fourth-order valence-electron chi connectivity index (χ4n) is 3.86. The first-order chi connectivity index (χ1) is 14.5. The van der Waals surface area contributed by atoms with Gasteiger partial charge in [-0.15, -0.1) is 0 Å². The molecule has 160 valence electrons. The third kappa shape index (κ3) is 4.45. The standard InChI is InChI=1S/C21H24F2N4O2S/c22-15-6-3-7-16-19(15)30-21(25-16)27-11-9-24-17(28)8-10-26(12-13-27)20(29)18(23)14-4-1-2-5-14/h3,6-7H,1-2,4-5,8-13H2,(H,24,28). The van der Waals surface area contributed by atoms with Gasteiger partial charge in [-0.05, 0) is 43.4 Å². The van der Waals surface area contributed by atoms with E-state index in [0.29, 0.717) is 53.4 Å². The molecule has 6 nitrogen and oxygen atoms in total. The summed E-state index contributed by atoms with van der Waals surface area (Å²) in [5.41, 5.74) is 1.15. The molecule has 2 aliphatic rings.